The third kappa shape index (κ3) is 5.28. The van der Waals surface area contributed by atoms with Crippen LogP contribution in [0.5, 0.6) is 5.75 Å². The van der Waals surface area contributed by atoms with Gasteiger partial charge >= 0.3 is 11.8 Å². The molecule has 0 radical (unpaired) electrons. The van der Waals surface area contributed by atoms with Crippen LogP contribution < -0.4 is 20.8 Å². The smallest absolute Gasteiger partial charge is 0.328 e. The Hall–Kier alpha value is -4.30. The molecule has 3 aromatic carbocycles. The van der Waals surface area contributed by atoms with Gasteiger partial charge in [0, 0.05) is 16.1 Å². The highest BCUT2D eigenvalue weighted by molar-refractivity contribution is 6.42. The van der Waals surface area contributed by atoms with Gasteiger partial charge in [-0.15, -0.1) is 0 Å². The lowest BCUT2D eigenvalue weighted by molar-refractivity contribution is -0.133. The molecule has 178 valence electrons. The minimum absolute atomic E-state index is 0.125. The number of benzene rings is 3. The van der Waals surface area contributed by atoms with Gasteiger partial charge in [0.15, 0.2) is 0 Å². The van der Waals surface area contributed by atoms with Gasteiger partial charge in [-0.1, -0.05) is 42.8 Å². The molecule has 0 atom stereocenters. The van der Waals surface area contributed by atoms with Crippen molar-refractivity contribution in [3.63, 3.8) is 0 Å². The average molecular weight is 491 g/mol. The zero-order chi connectivity index (χ0) is 24.9. The monoisotopic (exact) mass is 490 g/mol. The van der Waals surface area contributed by atoms with Crippen LogP contribution in [0.3, 0.4) is 0 Å². The summed E-state index contributed by atoms with van der Waals surface area (Å²) in [6, 6.07) is 20.7. The molecule has 0 aliphatic carbocycles. The number of nitrogens with one attached hydrogen (secondary N) is 3. The molecule has 0 aliphatic rings. The first-order valence-electron chi connectivity index (χ1n) is 10.9. The number of hydrogen-bond donors (Lipinski definition) is 3. The predicted molar refractivity (Wildman–Crippen MR) is 137 cm³/mol. The van der Waals surface area contributed by atoms with Crippen molar-refractivity contribution in [2.45, 2.75) is 13.3 Å². The summed E-state index contributed by atoms with van der Waals surface area (Å²) < 4.78 is 6.47. The van der Waals surface area contributed by atoms with Crippen LogP contribution in [-0.4, -0.2) is 29.5 Å². The van der Waals surface area contributed by atoms with E-state index in [1.807, 2.05) is 19.1 Å². The van der Waals surface area contributed by atoms with Crippen LogP contribution in [0.2, 0.25) is 5.02 Å². The molecule has 0 spiro atoms. The number of rotatable bonds is 6. The summed E-state index contributed by atoms with van der Waals surface area (Å²) in [5.41, 5.74) is 5.22. The van der Waals surface area contributed by atoms with Gasteiger partial charge in [0.25, 0.3) is 5.91 Å². The maximum Gasteiger partial charge on any atom is 0.328 e. The summed E-state index contributed by atoms with van der Waals surface area (Å²) in [6.45, 7) is 2.05. The molecule has 0 saturated heterocycles. The fourth-order valence-electron chi connectivity index (χ4n) is 3.57. The molecule has 0 saturated carbocycles. The van der Waals surface area contributed by atoms with Crippen LogP contribution in [0, 0.1) is 0 Å². The molecule has 0 bridgehead atoms. The molecule has 0 unspecified atom stereocenters. The van der Waals surface area contributed by atoms with Gasteiger partial charge in [-0.25, -0.2) is 4.68 Å². The van der Waals surface area contributed by atoms with Crippen LogP contribution in [0.25, 0.3) is 10.9 Å². The van der Waals surface area contributed by atoms with Crippen LogP contribution in [0.1, 0.15) is 23.0 Å². The molecule has 0 fully saturated rings. The SMILES string of the molecule is CCc1ccc(NC(=O)c2cc3cc(Cl)ccc3n2NC(=O)C(=O)Nc2ccccc2OC)cc1. The first kappa shape index (κ1) is 23.8. The third-order valence-electron chi connectivity index (χ3n) is 5.39. The predicted octanol–water partition coefficient (Wildman–Crippen LogP) is 4.83. The number of anilines is 2. The second-order valence-electron chi connectivity index (χ2n) is 7.67. The summed E-state index contributed by atoms with van der Waals surface area (Å²) in [5, 5.41) is 6.43. The fraction of sp³-hybridized carbons (Fsp3) is 0.115. The van der Waals surface area contributed by atoms with E-state index in [4.69, 9.17) is 16.3 Å². The number of nitrogens with zero attached hydrogens (tertiary/aromatic N) is 1. The first-order valence-corrected chi connectivity index (χ1v) is 11.2. The Bertz CT molecular complexity index is 1410. The number of para-hydroxylation sites is 2. The Morgan fingerprint density at radius 1 is 0.914 bits per heavy atom. The highest BCUT2D eigenvalue weighted by Crippen LogP contribution is 2.25. The van der Waals surface area contributed by atoms with Gasteiger partial charge < -0.3 is 15.4 Å². The van der Waals surface area contributed by atoms with Gasteiger partial charge in [-0.2, -0.15) is 0 Å². The van der Waals surface area contributed by atoms with E-state index in [1.54, 1.807) is 60.7 Å². The van der Waals surface area contributed by atoms with E-state index >= 15 is 0 Å². The maximum absolute atomic E-state index is 13.1. The van der Waals surface area contributed by atoms with Gasteiger partial charge in [0.1, 0.15) is 11.4 Å². The Balaban J connectivity index is 1.61. The number of halogens is 1. The molecule has 1 heterocycles. The largest absolute Gasteiger partial charge is 0.495 e. The summed E-state index contributed by atoms with van der Waals surface area (Å²) in [7, 11) is 1.46. The Morgan fingerprint density at radius 2 is 1.66 bits per heavy atom. The highest BCUT2D eigenvalue weighted by atomic mass is 35.5. The van der Waals surface area contributed by atoms with Crippen LogP contribution >= 0.6 is 11.6 Å². The molecule has 0 aliphatic heterocycles. The van der Waals surface area contributed by atoms with Crippen molar-refractivity contribution < 1.29 is 19.1 Å². The van der Waals surface area contributed by atoms with Gasteiger partial charge in [-0.3, -0.25) is 19.8 Å². The number of fused-ring (bicyclic) bond motifs is 1. The highest BCUT2D eigenvalue weighted by Gasteiger charge is 2.22. The van der Waals surface area contributed by atoms with Crippen LogP contribution in [-0.2, 0) is 16.0 Å². The quantitative estimate of drug-likeness (QED) is 0.337. The van der Waals surface area contributed by atoms with Gasteiger partial charge in [-0.05, 0) is 60.5 Å². The van der Waals surface area contributed by atoms with E-state index in [9.17, 15) is 14.4 Å². The summed E-state index contributed by atoms with van der Waals surface area (Å²) >= 11 is 6.12. The van der Waals surface area contributed by atoms with Gasteiger partial charge in [0.2, 0.25) is 0 Å². The number of amides is 3. The molecule has 8 nitrogen and oxygen atoms in total. The molecule has 3 amide bonds. The van der Waals surface area contributed by atoms with Crippen molar-refractivity contribution in [3.05, 3.63) is 89.1 Å². The van der Waals surface area contributed by atoms with Crippen LogP contribution in [0.15, 0.2) is 72.8 Å². The van der Waals surface area contributed by atoms with E-state index in [0.717, 1.165) is 12.0 Å². The number of carbonyl (C=O) groups excluding carboxylic acids is 3. The van der Waals surface area contributed by atoms with Crippen molar-refractivity contribution in [3.8, 4) is 5.75 Å². The number of hydrogen-bond acceptors (Lipinski definition) is 4. The summed E-state index contributed by atoms with van der Waals surface area (Å²) in [4.78, 5) is 38.5. The second-order valence-corrected chi connectivity index (χ2v) is 8.10. The van der Waals surface area contributed by atoms with E-state index in [-0.39, 0.29) is 5.69 Å². The molecule has 4 aromatic rings. The molecule has 1 aromatic heterocycles. The zero-order valence-corrected chi connectivity index (χ0v) is 19.8. The Labute approximate surface area is 206 Å². The molecular weight excluding hydrogens is 468 g/mol. The van der Waals surface area contributed by atoms with Crippen molar-refractivity contribution >= 4 is 51.6 Å². The van der Waals surface area contributed by atoms with E-state index in [0.29, 0.717) is 33.0 Å². The minimum atomic E-state index is -0.968. The Kier molecular flexibility index (Phi) is 7.03. The molecule has 9 heteroatoms. The summed E-state index contributed by atoms with van der Waals surface area (Å²) in [5.74, 6) is -1.95. The number of aromatic nitrogens is 1. The lowest BCUT2D eigenvalue weighted by atomic mass is 10.1. The molecule has 4 rings (SSSR count). The van der Waals surface area contributed by atoms with Crippen LogP contribution in [0.4, 0.5) is 11.4 Å². The fourth-order valence-corrected chi connectivity index (χ4v) is 3.75. The Morgan fingerprint density at radius 3 is 2.37 bits per heavy atom. The van der Waals surface area contributed by atoms with Crippen molar-refractivity contribution in [1.82, 2.24) is 4.68 Å². The molecule has 35 heavy (non-hydrogen) atoms. The van der Waals surface area contributed by atoms with Crippen molar-refractivity contribution in [2.75, 3.05) is 23.2 Å². The zero-order valence-electron chi connectivity index (χ0n) is 19.1. The lowest BCUT2D eigenvalue weighted by Gasteiger charge is -2.13. The average Bonchev–Trinajstić information content (AvgIpc) is 3.22. The standard InChI is InChI=1S/C26H23ClN4O4/c1-3-16-8-11-19(12-9-16)28-24(32)22-15-17-14-18(27)10-13-21(17)31(22)30-26(34)25(33)29-20-6-4-5-7-23(20)35-2/h4-15H,3H2,1-2H3,(H,28,32)(H,29,33)(H,30,34). The maximum atomic E-state index is 13.1. The second kappa shape index (κ2) is 10.3. The van der Waals surface area contributed by atoms with Gasteiger partial charge in [0.05, 0.1) is 18.3 Å². The number of carbonyl (C=O) groups is 3. The first-order chi connectivity index (χ1) is 16.9. The summed E-state index contributed by atoms with van der Waals surface area (Å²) in [6.07, 6.45) is 0.881. The van der Waals surface area contributed by atoms with E-state index < -0.39 is 17.7 Å². The molecule has 3 N–H and O–H groups in total. The topological polar surface area (TPSA) is 101 Å². The lowest BCUT2D eigenvalue weighted by Crippen LogP contribution is -2.36. The number of aryl methyl sites for hydroxylation is 1. The van der Waals surface area contributed by atoms with Crippen molar-refractivity contribution in [2.24, 2.45) is 0 Å². The number of ether oxygens (including phenoxy) is 1. The van der Waals surface area contributed by atoms with Crippen molar-refractivity contribution in [1.29, 1.82) is 0 Å². The number of methoxy groups -OCH3 is 1. The van der Waals surface area contributed by atoms with E-state index in [2.05, 4.69) is 16.1 Å². The molecular formula is C26H23ClN4O4. The van der Waals surface area contributed by atoms with E-state index in [1.165, 1.54) is 11.8 Å². The normalized spacial score (nSPS) is 10.6. The minimum Gasteiger partial charge on any atom is -0.495 e. The third-order valence-corrected chi connectivity index (χ3v) is 5.63.